The fraction of sp³-hybridized carbons (Fsp3) is 0.150. The van der Waals surface area contributed by atoms with E-state index in [1.165, 1.54) is 16.3 Å². The van der Waals surface area contributed by atoms with Crippen LogP contribution < -0.4 is 5.56 Å². The summed E-state index contributed by atoms with van der Waals surface area (Å²) >= 11 is 4.56. The van der Waals surface area contributed by atoms with Crippen molar-refractivity contribution in [3.8, 4) is 5.69 Å². The number of carbonyl (C=O) groups excluding carboxylic acids is 1. The van der Waals surface area contributed by atoms with E-state index >= 15 is 0 Å². The van der Waals surface area contributed by atoms with Gasteiger partial charge in [-0.3, -0.25) is 14.2 Å². The third-order valence-electron chi connectivity index (χ3n) is 3.95. The van der Waals surface area contributed by atoms with Gasteiger partial charge in [-0.15, -0.1) is 0 Å². The Morgan fingerprint density at radius 1 is 1.15 bits per heavy atom. The topological polar surface area (TPSA) is 52.0 Å². The van der Waals surface area contributed by atoms with Crippen molar-refractivity contribution in [2.45, 2.75) is 18.9 Å². The van der Waals surface area contributed by atoms with Gasteiger partial charge in [0.15, 0.2) is 10.8 Å². The van der Waals surface area contributed by atoms with Crippen LogP contribution in [0.2, 0.25) is 0 Å². The molecule has 3 aromatic rings. The van der Waals surface area contributed by atoms with Crippen molar-refractivity contribution in [2.24, 2.45) is 0 Å². The molecule has 2 aromatic carbocycles. The highest BCUT2D eigenvalue weighted by Gasteiger charge is 2.13. The van der Waals surface area contributed by atoms with E-state index in [9.17, 15) is 9.59 Å². The van der Waals surface area contributed by atoms with Gasteiger partial charge in [0, 0.05) is 28.1 Å². The Hall–Kier alpha value is -2.18. The summed E-state index contributed by atoms with van der Waals surface area (Å²) in [6, 6.07) is 13.3. The number of hydrogen-bond donors (Lipinski definition) is 0. The second kappa shape index (κ2) is 8.01. The van der Waals surface area contributed by atoms with E-state index in [0.29, 0.717) is 10.6 Å². The maximum Gasteiger partial charge on any atom is 0.287 e. The predicted molar refractivity (Wildman–Crippen MR) is 109 cm³/mol. The van der Waals surface area contributed by atoms with Crippen LogP contribution in [0, 0.1) is 13.8 Å². The first-order chi connectivity index (χ1) is 12.5. The first-order valence-corrected chi connectivity index (χ1v) is 9.80. The minimum atomic E-state index is -0.228. The van der Waals surface area contributed by atoms with Gasteiger partial charge in [0.2, 0.25) is 0 Å². The third-order valence-corrected chi connectivity index (χ3v) is 5.44. The fourth-order valence-corrected chi connectivity index (χ4v) is 3.59. The van der Waals surface area contributed by atoms with Crippen molar-refractivity contribution >= 4 is 33.5 Å². The molecule has 0 N–H and O–H groups in total. The maximum absolute atomic E-state index is 12.7. The molecule has 3 rings (SSSR count). The minimum absolute atomic E-state index is 0.00329. The number of Topliss-reactive ketones (excluding diaryl/α,β-unsaturated/α-hetero) is 1. The van der Waals surface area contributed by atoms with Crippen LogP contribution in [-0.4, -0.2) is 21.1 Å². The summed E-state index contributed by atoms with van der Waals surface area (Å²) in [5.74, 6) is 0.174. The Balaban J connectivity index is 1.82. The number of aromatic nitrogens is 2. The van der Waals surface area contributed by atoms with E-state index in [1.807, 2.05) is 56.3 Å². The van der Waals surface area contributed by atoms with Gasteiger partial charge in [0.05, 0.1) is 5.75 Å². The molecule has 4 nitrogen and oxygen atoms in total. The van der Waals surface area contributed by atoms with Gasteiger partial charge in [-0.25, -0.2) is 4.98 Å². The molecule has 0 amide bonds. The lowest BCUT2D eigenvalue weighted by Gasteiger charge is -2.08. The van der Waals surface area contributed by atoms with Gasteiger partial charge in [0.1, 0.15) is 0 Å². The average Bonchev–Trinajstić information content (AvgIpc) is 2.63. The minimum Gasteiger partial charge on any atom is -0.293 e. The molecule has 0 saturated carbocycles. The van der Waals surface area contributed by atoms with Crippen LogP contribution in [0.1, 0.15) is 21.5 Å². The summed E-state index contributed by atoms with van der Waals surface area (Å²) in [7, 11) is 0. The highest BCUT2D eigenvalue weighted by Crippen LogP contribution is 2.18. The quantitative estimate of drug-likeness (QED) is 0.440. The number of halogens is 1. The van der Waals surface area contributed by atoms with Crippen LogP contribution >= 0.6 is 27.7 Å². The number of rotatable bonds is 5. The molecule has 1 heterocycles. The molecule has 6 heteroatoms. The number of carbonyl (C=O) groups is 1. The van der Waals surface area contributed by atoms with Crippen molar-refractivity contribution < 1.29 is 4.79 Å². The summed E-state index contributed by atoms with van der Waals surface area (Å²) in [5, 5.41) is 0.314. The van der Waals surface area contributed by atoms with E-state index in [1.54, 1.807) is 12.4 Å². The lowest BCUT2D eigenvalue weighted by molar-refractivity contribution is 0.102. The predicted octanol–water partition coefficient (Wildman–Crippen LogP) is 4.59. The van der Waals surface area contributed by atoms with Gasteiger partial charge < -0.3 is 0 Å². The van der Waals surface area contributed by atoms with Crippen LogP contribution in [0.15, 0.2) is 69.2 Å². The van der Waals surface area contributed by atoms with Crippen LogP contribution in [-0.2, 0) is 0 Å². The number of benzene rings is 2. The first-order valence-electron chi connectivity index (χ1n) is 8.02. The van der Waals surface area contributed by atoms with Gasteiger partial charge >= 0.3 is 0 Å². The van der Waals surface area contributed by atoms with Gasteiger partial charge in [-0.1, -0.05) is 45.4 Å². The number of aryl methyl sites for hydroxylation is 2. The highest BCUT2D eigenvalue weighted by atomic mass is 79.9. The Labute approximate surface area is 164 Å². The zero-order valence-corrected chi connectivity index (χ0v) is 16.8. The molecule has 0 fully saturated rings. The standard InChI is InChI=1S/C20H17BrN2O2S/c1-13-3-4-14(2)17(11-13)18(24)12-26-19-20(25)23(10-9-22-19)16-7-5-15(21)6-8-16/h3-11H,12H2,1-2H3. The summed E-state index contributed by atoms with van der Waals surface area (Å²) in [6.45, 7) is 3.87. The molecule has 132 valence electrons. The van der Waals surface area contributed by atoms with Crippen molar-refractivity contribution in [1.82, 2.24) is 9.55 Å². The first kappa shape index (κ1) is 18.6. The van der Waals surface area contributed by atoms with Crippen molar-refractivity contribution in [1.29, 1.82) is 0 Å². The highest BCUT2D eigenvalue weighted by molar-refractivity contribution is 9.10. The molecule has 1 aromatic heterocycles. The molecular weight excluding hydrogens is 412 g/mol. The number of hydrogen-bond acceptors (Lipinski definition) is 4. The van der Waals surface area contributed by atoms with Crippen molar-refractivity contribution in [3.05, 3.63) is 86.4 Å². The van der Waals surface area contributed by atoms with E-state index < -0.39 is 0 Å². The van der Waals surface area contributed by atoms with Crippen LogP contribution in [0.3, 0.4) is 0 Å². The number of ketones is 1. The Bertz CT molecular complexity index is 1010. The molecule has 26 heavy (non-hydrogen) atoms. The fourth-order valence-electron chi connectivity index (χ4n) is 2.55. The summed E-state index contributed by atoms with van der Waals surface area (Å²) < 4.78 is 2.47. The molecule has 0 bridgehead atoms. The van der Waals surface area contributed by atoms with Crippen LogP contribution in [0.5, 0.6) is 0 Å². The van der Waals surface area contributed by atoms with Crippen LogP contribution in [0.4, 0.5) is 0 Å². The second-order valence-corrected chi connectivity index (χ2v) is 7.79. The van der Waals surface area contributed by atoms with Crippen molar-refractivity contribution in [2.75, 3.05) is 5.75 Å². The number of nitrogens with zero attached hydrogens (tertiary/aromatic N) is 2. The molecule has 0 aliphatic heterocycles. The Morgan fingerprint density at radius 2 is 1.88 bits per heavy atom. The van der Waals surface area contributed by atoms with Crippen molar-refractivity contribution in [3.63, 3.8) is 0 Å². The zero-order valence-electron chi connectivity index (χ0n) is 14.4. The molecule has 0 spiro atoms. The number of thioether (sulfide) groups is 1. The smallest absolute Gasteiger partial charge is 0.287 e. The van der Waals surface area contributed by atoms with Gasteiger partial charge in [-0.05, 0) is 49.7 Å². The molecule has 0 saturated heterocycles. The summed E-state index contributed by atoms with van der Waals surface area (Å²) in [4.78, 5) is 29.4. The Morgan fingerprint density at radius 3 is 2.62 bits per heavy atom. The van der Waals surface area contributed by atoms with E-state index in [4.69, 9.17) is 0 Å². The zero-order chi connectivity index (χ0) is 18.7. The lowest BCUT2D eigenvalue weighted by Crippen LogP contribution is -2.21. The molecule has 0 radical (unpaired) electrons. The molecule has 0 atom stereocenters. The van der Waals surface area contributed by atoms with Crippen LogP contribution in [0.25, 0.3) is 5.69 Å². The normalized spacial score (nSPS) is 10.7. The Kier molecular flexibility index (Phi) is 5.74. The third kappa shape index (κ3) is 4.14. The second-order valence-electron chi connectivity index (χ2n) is 5.91. The monoisotopic (exact) mass is 428 g/mol. The maximum atomic E-state index is 12.7. The molecule has 0 aliphatic rings. The summed E-state index contributed by atoms with van der Waals surface area (Å²) in [5.41, 5.74) is 3.20. The molecular formula is C20H17BrN2O2S. The molecule has 0 unspecified atom stereocenters. The van der Waals surface area contributed by atoms with E-state index in [2.05, 4.69) is 20.9 Å². The van der Waals surface area contributed by atoms with E-state index in [0.717, 1.165) is 21.3 Å². The van der Waals surface area contributed by atoms with Gasteiger partial charge in [0.25, 0.3) is 5.56 Å². The largest absolute Gasteiger partial charge is 0.293 e. The lowest BCUT2D eigenvalue weighted by atomic mass is 10.0. The SMILES string of the molecule is Cc1ccc(C)c(C(=O)CSc2nccn(-c3ccc(Br)cc3)c2=O)c1. The van der Waals surface area contributed by atoms with Gasteiger partial charge in [-0.2, -0.15) is 0 Å². The average molecular weight is 429 g/mol. The van der Waals surface area contributed by atoms with E-state index in [-0.39, 0.29) is 17.1 Å². The summed E-state index contributed by atoms with van der Waals surface area (Å²) in [6.07, 6.45) is 3.20. The molecule has 0 aliphatic carbocycles.